The number of amides is 1. The van der Waals surface area contributed by atoms with E-state index in [4.69, 9.17) is 10.5 Å². The molecular weight excluding hydrogens is 318 g/mol. The first kappa shape index (κ1) is 16.7. The van der Waals surface area contributed by atoms with Crippen LogP contribution >= 0.6 is 0 Å². The van der Waals surface area contributed by atoms with Gasteiger partial charge in [0.25, 0.3) is 0 Å². The monoisotopic (exact) mass is 345 g/mol. The second-order valence-electron chi connectivity index (χ2n) is 7.54. The van der Waals surface area contributed by atoms with Crippen LogP contribution in [0.2, 0.25) is 0 Å². The normalized spacial score (nSPS) is 25.8. The van der Waals surface area contributed by atoms with Gasteiger partial charge in [0.1, 0.15) is 11.6 Å². The van der Waals surface area contributed by atoms with Crippen LogP contribution in [-0.2, 0) is 9.53 Å². The number of nitrogens with zero attached hydrogens (tertiary/aromatic N) is 4. The molecule has 3 aliphatic rings. The highest BCUT2D eigenvalue weighted by Crippen LogP contribution is 2.36. The summed E-state index contributed by atoms with van der Waals surface area (Å²) in [4.78, 5) is 26.1. The van der Waals surface area contributed by atoms with Crippen LogP contribution in [0.4, 0.5) is 5.82 Å². The summed E-state index contributed by atoms with van der Waals surface area (Å²) < 4.78 is 5.44. The average molecular weight is 345 g/mol. The van der Waals surface area contributed by atoms with Gasteiger partial charge >= 0.3 is 0 Å². The van der Waals surface area contributed by atoms with E-state index < -0.39 is 5.54 Å². The minimum Gasteiger partial charge on any atom is -0.378 e. The van der Waals surface area contributed by atoms with Crippen molar-refractivity contribution in [1.29, 1.82) is 0 Å². The van der Waals surface area contributed by atoms with E-state index in [1.165, 1.54) is 0 Å². The molecule has 2 N–H and O–H groups in total. The van der Waals surface area contributed by atoms with E-state index in [1.54, 1.807) is 0 Å². The van der Waals surface area contributed by atoms with Gasteiger partial charge in [0.05, 0.1) is 24.4 Å². The number of carbonyl (C=O) groups is 1. The van der Waals surface area contributed by atoms with E-state index in [2.05, 4.69) is 20.9 Å². The molecule has 0 radical (unpaired) electrons. The lowest BCUT2D eigenvalue weighted by atomic mass is 9.93. The van der Waals surface area contributed by atoms with E-state index in [-0.39, 0.29) is 11.8 Å². The Morgan fingerprint density at radius 3 is 2.76 bits per heavy atom. The zero-order valence-electron chi connectivity index (χ0n) is 14.9. The summed E-state index contributed by atoms with van der Waals surface area (Å²) in [5, 5.41) is 0. The van der Waals surface area contributed by atoms with Gasteiger partial charge < -0.3 is 20.3 Å². The second kappa shape index (κ2) is 6.53. The van der Waals surface area contributed by atoms with E-state index in [1.807, 2.05) is 11.8 Å². The third-order valence-corrected chi connectivity index (χ3v) is 5.52. The first-order valence-corrected chi connectivity index (χ1v) is 9.32. The van der Waals surface area contributed by atoms with E-state index >= 15 is 0 Å². The zero-order chi connectivity index (χ0) is 17.4. The summed E-state index contributed by atoms with van der Waals surface area (Å²) in [5.41, 5.74) is 6.58. The average Bonchev–Trinajstić information content (AvgIpc) is 3.40. The number of ether oxygens (including phenoxy) is 1. The SMILES string of the molecule is Cc1nc(C2CCCN(C(=O)C3(N)CC3)C2)cc(N2CCOCC2)n1. The van der Waals surface area contributed by atoms with Gasteiger partial charge in [-0.25, -0.2) is 9.97 Å². The number of carbonyl (C=O) groups excluding carboxylic acids is 1. The summed E-state index contributed by atoms with van der Waals surface area (Å²) in [6.45, 7) is 6.68. The van der Waals surface area contributed by atoms with Crippen molar-refractivity contribution in [3.63, 3.8) is 0 Å². The number of likely N-dealkylation sites (tertiary alicyclic amines) is 1. The molecule has 1 aliphatic carbocycles. The van der Waals surface area contributed by atoms with Crippen molar-refractivity contribution < 1.29 is 9.53 Å². The Labute approximate surface area is 148 Å². The number of piperidine rings is 1. The van der Waals surface area contributed by atoms with Gasteiger partial charge in [-0.3, -0.25) is 4.79 Å². The summed E-state index contributed by atoms with van der Waals surface area (Å²) in [7, 11) is 0. The Bertz CT molecular complexity index is 655. The lowest BCUT2D eigenvalue weighted by molar-refractivity contribution is -0.134. The van der Waals surface area contributed by atoms with Gasteiger partial charge in [0.2, 0.25) is 5.91 Å². The molecule has 1 saturated carbocycles. The van der Waals surface area contributed by atoms with Crippen molar-refractivity contribution in [3.05, 3.63) is 17.6 Å². The summed E-state index contributed by atoms with van der Waals surface area (Å²) >= 11 is 0. The molecule has 25 heavy (non-hydrogen) atoms. The molecule has 1 unspecified atom stereocenters. The highest BCUT2D eigenvalue weighted by molar-refractivity contribution is 5.89. The molecule has 1 aromatic heterocycles. The van der Waals surface area contributed by atoms with Crippen LogP contribution in [0.25, 0.3) is 0 Å². The van der Waals surface area contributed by atoms with E-state index in [0.29, 0.717) is 0 Å². The van der Waals surface area contributed by atoms with Crippen molar-refractivity contribution >= 4 is 11.7 Å². The van der Waals surface area contributed by atoms with Crippen molar-refractivity contribution in [3.8, 4) is 0 Å². The molecular formula is C18H27N5O2. The fourth-order valence-corrected chi connectivity index (χ4v) is 3.80. The van der Waals surface area contributed by atoms with Gasteiger partial charge in [-0.15, -0.1) is 0 Å². The highest BCUT2D eigenvalue weighted by atomic mass is 16.5. The molecule has 2 saturated heterocycles. The first-order valence-electron chi connectivity index (χ1n) is 9.32. The molecule has 7 heteroatoms. The largest absolute Gasteiger partial charge is 0.378 e. The molecule has 136 valence electrons. The number of anilines is 1. The number of hydrogen-bond donors (Lipinski definition) is 1. The van der Waals surface area contributed by atoms with Crippen molar-refractivity contribution in [2.24, 2.45) is 5.73 Å². The molecule has 0 bridgehead atoms. The Hall–Kier alpha value is -1.73. The van der Waals surface area contributed by atoms with Crippen LogP contribution in [0.3, 0.4) is 0 Å². The van der Waals surface area contributed by atoms with Gasteiger partial charge in [-0.1, -0.05) is 0 Å². The highest BCUT2D eigenvalue weighted by Gasteiger charge is 2.48. The quantitative estimate of drug-likeness (QED) is 0.873. The molecule has 3 heterocycles. The number of rotatable bonds is 3. The van der Waals surface area contributed by atoms with Crippen LogP contribution in [0.1, 0.15) is 43.1 Å². The first-order chi connectivity index (χ1) is 12.0. The molecule has 1 atom stereocenters. The zero-order valence-corrected chi connectivity index (χ0v) is 14.9. The molecule has 0 spiro atoms. The Morgan fingerprint density at radius 1 is 1.28 bits per heavy atom. The fraction of sp³-hybridized carbons (Fsp3) is 0.722. The number of aryl methyl sites for hydroxylation is 1. The molecule has 0 aromatic carbocycles. The van der Waals surface area contributed by atoms with Crippen LogP contribution in [0.5, 0.6) is 0 Å². The summed E-state index contributed by atoms with van der Waals surface area (Å²) in [6.07, 6.45) is 3.70. The standard InChI is InChI=1S/C18H27N5O2/c1-13-20-15(11-16(21-13)22-7-9-25-10-8-22)14-3-2-6-23(12-14)17(24)18(19)4-5-18/h11,14H,2-10,12,19H2,1H3. The summed E-state index contributed by atoms with van der Waals surface area (Å²) in [6, 6.07) is 2.10. The van der Waals surface area contributed by atoms with Crippen LogP contribution in [0.15, 0.2) is 6.07 Å². The van der Waals surface area contributed by atoms with Gasteiger partial charge in [0.15, 0.2) is 0 Å². The van der Waals surface area contributed by atoms with E-state index in [0.717, 1.165) is 82.4 Å². The predicted molar refractivity (Wildman–Crippen MR) is 94.5 cm³/mol. The predicted octanol–water partition coefficient (Wildman–Crippen LogP) is 0.819. The maximum absolute atomic E-state index is 12.6. The van der Waals surface area contributed by atoms with Gasteiger partial charge in [-0.05, 0) is 32.6 Å². The lowest BCUT2D eigenvalue weighted by Gasteiger charge is -2.35. The fourth-order valence-electron chi connectivity index (χ4n) is 3.80. The number of nitrogens with two attached hydrogens (primary N) is 1. The molecule has 2 aliphatic heterocycles. The minimum atomic E-state index is -0.581. The van der Waals surface area contributed by atoms with Crippen molar-refractivity contribution in [1.82, 2.24) is 14.9 Å². The Kier molecular flexibility index (Phi) is 4.37. The van der Waals surface area contributed by atoms with Crippen molar-refractivity contribution in [2.75, 3.05) is 44.3 Å². The molecule has 3 fully saturated rings. The van der Waals surface area contributed by atoms with Crippen LogP contribution in [0, 0.1) is 6.92 Å². The number of hydrogen-bond acceptors (Lipinski definition) is 6. The molecule has 1 aromatic rings. The minimum absolute atomic E-state index is 0.122. The lowest BCUT2D eigenvalue weighted by Crippen LogP contribution is -2.49. The third kappa shape index (κ3) is 3.48. The van der Waals surface area contributed by atoms with Gasteiger partial charge in [-0.2, -0.15) is 0 Å². The summed E-state index contributed by atoms with van der Waals surface area (Å²) in [5.74, 6) is 2.16. The second-order valence-corrected chi connectivity index (χ2v) is 7.54. The van der Waals surface area contributed by atoms with Gasteiger partial charge in [0, 0.05) is 38.2 Å². The van der Waals surface area contributed by atoms with E-state index in [9.17, 15) is 4.79 Å². The Morgan fingerprint density at radius 2 is 2.04 bits per heavy atom. The van der Waals surface area contributed by atoms with Crippen LogP contribution < -0.4 is 10.6 Å². The maximum Gasteiger partial charge on any atom is 0.242 e. The smallest absolute Gasteiger partial charge is 0.242 e. The van der Waals surface area contributed by atoms with Crippen molar-refractivity contribution in [2.45, 2.75) is 44.1 Å². The molecule has 7 nitrogen and oxygen atoms in total. The molecule has 4 rings (SSSR count). The van der Waals surface area contributed by atoms with Crippen LogP contribution in [-0.4, -0.2) is 65.7 Å². The topological polar surface area (TPSA) is 84.6 Å². The third-order valence-electron chi connectivity index (χ3n) is 5.52. The Balaban J connectivity index is 1.52. The maximum atomic E-state index is 12.6. The number of morpholine rings is 1. The molecule has 1 amide bonds. The number of aromatic nitrogens is 2.